The van der Waals surface area contributed by atoms with Gasteiger partial charge in [0.05, 0.1) is 31.5 Å². The zero-order valence-electron chi connectivity index (χ0n) is 15.6. The van der Waals surface area contributed by atoms with Gasteiger partial charge in [0.25, 0.3) is 0 Å². The minimum atomic E-state index is -3.93. The molecule has 2 aromatic rings. The number of rotatable bonds is 4. The van der Waals surface area contributed by atoms with E-state index in [-0.39, 0.29) is 19.6 Å². The first-order valence-corrected chi connectivity index (χ1v) is 9.98. The van der Waals surface area contributed by atoms with Crippen molar-refractivity contribution >= 4 is 16.3 Å². The third-order valence-electron chi connectivity index (χ3n) is 3.87. The fourth-order valence-electron chi connectivity index (χ4n) is 2.67. The molecule has 3 rings (SSSR count). The number of nitrogens with zero attached hydrogens (tertiary/aromatic N) is 5. The zero-order valence-corrected chi connectivity index (χ0v) is 16.4. The van der Waals surface area contributed by atoms with Gasteiger partial charge in [-0.05, 0) is 26.3 Å². The SMILES string of the molecule is CC(C)(C)OC(=O)N1CCN(Cc2cn(Cc3ccccc3)nn2)S1(=O)=O. The van der Waals surface area contributed by atoms with Crippen molar-refractivity contribution < 1.29 is 17.9 Å². The van der Waals surface area contributed by atoms with Crippen LogP contribution >= 0.6 is 0 Å². The van der Waals surface area contributed by atoms with Crippen LogP contribution in [0.1, 0.15) is 32.0 Å². The molecule has 1 amide bonds. The Morgan fingerprint density at radius 3 is 2.52 bits per heavy atom. The summed E-state index contributed by atoms with van der Waals surface area (Å²) in [5.41, 5.74) is 0.819. The Morgan fingerprint density at radius 1 is 1.15 bits per heavy atom. The van der Waals surface area contributed by atoms with E-state index in [1.54, 1.807) is 31.6 Å². The van der Waals surface area contributed by atoms with Gasteiger partial charge in [-0.3, -0.25) is 0 Å². The Morgan fingerprint density at radius 2 is 1.85 bits per heavy atom. The summed E-state index contributed by atoms with van der Waals surface area (Å²) in [5.74, 6) is 0. The first-order chi connectivity index (χ1) is 12.6. The maximum absolute atomic E-state index is 12.6. The molecule has 2 heterocycles. The molecule has 0 bridgehead atoms. The van der Waals surface area contributed by atoms with Crippen LogP contribution in [-0.2, 0) is 28.0 Å². The van der Waals surface area contributed by atoms with E-state index in [2.05, 4.69) is 10.3 Å². The molecule has 10 heteroatoms. The summed E-state index contributed by atoms with van der Waals surface area (Å²) in [5, 5.41) is 8.09. The first kappa shape index (κ1) is 19.3. The lowest BCUT2D eigenvalue weighted by atomic mass is 10.2. The zero-order chi connectivity index (χ0) is 19.7. The second-order valence-corrected chi connectivity index (χ2v) is 9.14. The van der Waals surface area contributed by atoms with Gasteiger partial charge in [-0.2, -0.15) is 17.0 Å². The molecule has 1 aromatic heterocycles. The number of aromatic nitrogens is 3. The van der Waals surface area contributed by atoms with Crippen molar-refractivity contribution in [3.63, 3.8) is 0 Å². The van der Waals surface area contributed by atoms with E-state index in [1.807, 2.05) is 30.3 Å². The second kappa shape index (κ2) is 7.28. The summed E-state index contributed by atoms with van der Waals surface area (Å²) in [6.45, 7) is 5.91. The smallest absolute Gasteiger partial charge is 0.425 e. The average molecular weight is 393 g/mol. The van der Waals surface area contributed by atoms with Crippen molar-refractivity contribution in [2.24, 2.45) is 0 Å². The van der Waals surface area contributed by atoms with Gasteiger partial charge in [0.1, 0.15) is 5.60 Å². The van der Waals surface area contributed by atoms with E-state index in [4.69, 9.17) is 4.74 Å². The molecule has 0 N–H and O–H groups in total. The topological polar surface area (TPSA) is 97.6 Å². The molecule has 1 saturated heterocycles. The number of benzene rings is 1. The lowest BCUT2D eigenvalue weighted by Crippen LogP contribution is -2.40. The van der Waals surface area contributed by atoms with E-state index in [0.717, 1.165) is 9.87 Å². The Balaban J connectivity index is 1.66. The van der Waals surface area contributed by atoms with Gasteiger partial charge in [0, 0.05) is 6.54 Å². The summed E-state index contributed by atoms with van der Waals surface area (Å²) in [6.07, 6.45) is 0.844. The van der Waals surface area contributed by atoms with Crippen molar-refractivity contribution in [2.75, 3.05) is 13.1 Å². The van der Waals surface area contributed by atoms with Crippen LogP contribution in [0.5, 0.6) is 0 Å². The Labute approximate surface area is 158 Å². The van der Waals surface area contributed by atoms with Crippen molar-refractivity contribution in [3.05, 3.63) is 47.8 Å². The van der Waals surface area contributed by atoms with Gasteiger partial charge in [-0.1, -0.05) is 35.5 Å². The van der Waals surface area contributed by atoms with Gasteiger partial charge >= 0.3 is 16.3 Å². The lowest BCUT2D eigenvalue weighted by molar-refractivity contribution is 0.0405. The Bertz CT molecular complexity index is 905. The van der Waals surface area contributed by atoms with Crippen LogP contribution < -0.4 is 0 Å². The first-order valence-electron chi connectivity index (χ1n) is 8.59. The van der Waals surface area contributed by atoms with Crippen LogP contribution in [0.2, 0.25) is 0 Å². The molecule has 27 heavy (non-hydrogen) atoms. The van der Waals surface area contributed by atoms with Crippen LogP contribution in [0.25, 0.3) is 0 Å². The molecule has 0 atom stereocenters. The molecule has 0 saturated carbocycles. The van der Waals surface area contributed by atoms with Gasteiger partial charge in [-0.15, -0.1) is 5.10 Å². The number of hydrogen-bond acceptors (Lipinski definition) is 6. The molecular formula is C17H23N5O4S. The largest absolute Gasteiger partial charge is 0.443 e. The normalized spacial score (nSPS) is 17.2. The van der Waals surface area contributed by atoms with Crippen molar-refractivity contribution in [3.8, 4) is 0 Å². The predicted octanol–water partition coefficient (Wildman–Crippen LogP) is 1.62. The van der Waals surface area contributed by atoms with E-state index < -0.39 is 21.9 Å². The van der Waals surface area contributed by atoms with Crippen molar-refractivity contribution in [1.82, 2.24) is 23.6 Å². The Hall–Kier alpha value is -2.46. The number of hydrogen-bond donors (Lipinski definition) is 0. The number of ether oxygens (including phenoxy) is 1. The molecule has 0 unspecified atom stereocenters. The van der Waals surface area contributed by atoms with Crippen LogP contribution in [0.3, 0.4) is 0 Å². The molecule has 0 radical (unpaired) electrons. The predicted molar refractivity (Wildman–Crippen MR) is 97.8 cm³/mol. The van der Waals surface area contributed by atoms with Gasteiger partial charge in [-0.25, -0.2) is 9.48 Å². The highest BCUT2D eigenvalue weighted by atomic mass is 32.2. The van der Waals surface area contributed by atoms with Crippen LogP contribution in [0, 0.1) is 0 Å². The summed E-state index contributed by atoms with van der Waals surface area (Å²) in [6, 6.07) is 9.77. The van der Waals surface area contributed by atoms with Crippen LogP contribution in [0.4, 0.5) is 4.79 Å². The van der Waals surface area contributed by atoms with E-state index in [0.29, 0.717) is 12.2 Å². The molecule has 0 aliphatic carbocycles. The summed E-state index contributed by atoms with van der Waals surface area (Å²) < 4.78 is 34.0. The van der Waals surface area contributed by atoms with Gasteiger partial charge in [0.2, 0.25) is 0 Å². The van der Waals surface area contributed by atoms with E-state index in [1.165, 1.54) is 4.31 Å². The molecular weight excluding hydrogens is 370 g/mol. The molecule has 1 aliphatic rings. The van der Waals surface area contributed by atoms with Crippen molar-refractivity contribution in [2.45, 2.75) is 39.5 Å². The highest BCUT2D eigenvalue weighted by Crippen LogP contribution is 2.22. The monoisotopic (exact) mass is 393 g/mol. The highest BCUT2D eigenvalue weighted by molar-refractivity contribution is 7.87. The van der Waals surface area contributed by atoms with Gasteiger partial charge in [0.15, 0.2) is 0 Å². The third kappa shape index (κ3) is 4.64. The van der Waals surface area contributed by atoms with Crippen molar-refractivity contribution in [1.29, 1.82) is 0 Å². The fraction of sp³-hybridized carbons (Fsp3) is 0.471. The number of carbonyl (C=O) groups is 1. The van der Waals surface area contributed by atoms with Crippen LogP contribution in [0.15, 0.2) is 36.5 Å². The molecule has 1 aromatic carbocycles. The van der Waals surface area contributed by atoms with Gasteiger partial charge < -0.3 is 4.74 Å². The second-order valence-electron chi connectivity index (χ2n) is 7.29. The third-order valence-corrected chi connectivity index (χ3v) is 5.72. The quantitative estimate of drug-likeness (QED) is 0.783. The minimum absolute atomic E-state index is 0.0510. The summed E-state index contributed by atoms with van der Waals surface area (Å²) >= 11 is 0. The minimum Gasteiger partial charge on any atom is -0.443 e. The van der Waals surface area contributed by atoms with Crippen LogP contribution in [-0.4, -0.2) is 56.8 Å². The maximum Gasteiger partial charge on any atom is 0.425 e. The number of amides is 1. The standard InChI is InChI=1S/C17H23N5O4S/c1-17(2,3)26-16(23)22-10-9-21(27(22,24)25)13-15-12-20(19-18-15)11-14-7-5-4-6-8-14/h4-8,12H,9-11,13H2,1-3H3. The van der Waals surface area contributed by atoms with E-state index >= 15 is 0 Å². The average Bonchev–Trinajstić information content (AvgIpc) is 3.11. The number of carbonyl (C=O) groups excluding carboxylic acids is 1. The fourth-order valence-corrected chi connectivity index (χ4v) is 4.10. The Kier molecular flexibility index (Phi) is 5.20. The molecule has 1 aliphatic heterocycles. The summed E-state index contributed by atoms with van der Waals surface area (Å²) in [7, 11) is -3.93. The lowest BCUT2D eigenvalue weighted by Gasteiger charge is -2.24. The highest BCUT2D eigenvalue weighted by Gasteiger charge is 2.42. The molecule has 0 spiro atoms. The molecule has 9 nitrogen and oxygen atoms in total. The van der Waals surface area contributed by atoms with E-state index in [9.17, 15) is 13.2 Å². The summed E-state index contributed by atoms with van der Waals surface area (Å²) in [4.78, 5) is 12.1. The molecule has 1 fully saturated rings. The maximum atomic E-state index is 12.6. The molecule has 146 valence electrons.